The quantitative estimate of drug-likeness (QED) is 0.925. The molecule has 0 atom stereocenters. The molecule has 0 aliphatic rings. The van der Waals surface area contributed by atoms with Gasteiger partial charge in [-0.05, 0) is 17.7 Å². The first-order valence-corrected chi connectivity index (χ1v) is 6.94. The molecule has 0 aliphatic carbocycles. The van der Waals surface area contributed by atoms with Crippen molar-refractivity contribution in [2.45, 2.75) is 11.4 Å². The molecule has 94 valence electrons. The molecule has 0 saturated heterocycles. The predicted molar refractivity (Wildman–Crippen MR) is 67.5 cm³/mol. The molecule has 7 heteroatoms. The Morgan fingerprint density at radius 1 is 1.17 bits per heavy atom. The second-order valence-corrected chi connectivity index (χ2v) is 5.63. The van der Waals surface area contributed by atoms with Gasteiger partial charge in [0.15, 0.2) is 0 Å². The van der Waals surface area contributed by atoms with Crippen molar-refractivity contribution in [3.05, 3.63) is 53.6 Å². The van der Waals surface area contributed by atoms with E-state index in [-0.39, 0.29) is 16.5 Å². The average molecular weight is 284 g/mol. The zero-order valence-electron chi connectivity index (χ0n) is 9.25. The Morgan fingerprint density at radius 2 is 1.94 bits per heavy atom. The summed E-state index contributed by atoms with van der Waals surface area (Å²) in [6.45, 7) is 0.154. The maximum atomic E-state index is 12.0. The molecule has 0 unspecified atom stereocenters. The number of aromatic nitrogens is 2. The molecule has 0 amide bonds. The van der Waals surface area contributed by atoms with Crippen LogP contribution in [-0.2, 0) is 16.6 Å². The SMILES string of the molecule is O=S(=O)(NCc1cccnc1)c1cnccc1Cl. The molecule has 0 bridgehead atoms. The highest BCUT2D eigenvalue weighted by Gasteiger charge is 2.17. The van der Waals surface area contributed by atoms with Gasteiger partial charge in [-0.2, -0.15) is 0 Å². The van der Waals surface area contributed by atoms with Crippen LogP contribution in [0.4, 0.5) is 0 Å². The largest absolute Gasteiger partial charge is 0.264 e. The highest BCUT2D eigenvalue weighted by molar-refractivity contribution is 7.89. The smallest absolute Gasteiger partial charge is 0.243 e. The Labute approximate surface area is 110 Å². The van der Waals surface area contributed by atoms with Gasteiger partial charge in [0.05, 0.1) is 5.02 Å². The van der Waals surface area contributed by atoms with Gasteiger partial charge in [-0.3, -0.25) is 9.97 Å². The van der Waals surface area contributed by atoms with Gasteiger partial charge in [0.2, 0.25) is 10.0 Å². The van der Waals surface area contributed by atoms with Crippen LogP contribution in [0.2, 0.25) is 5.02 Å². The number of rotatable bonds is 4. The summed E-state index contributed by atoms with van der Waals surface area (Å²) in [4.78, 5) is 7.62. The molecule has 0 radical (unpaired) electrons. The van der Waals surface area contributed by atoms with Gasteiger partial charge in [0, 0.05) is 31.3 Å². The first kappa shape index (κ1) is 12.9. The van der Waals surface area contributed by atoms with Crippen LogP contribution < -0.4 is 4.72 Å². The van der Waals surface area contributed by atoms with E-state index in [0.29, 0.717) is 0 Å². The third-order valence-electron chi connectivity index (χ3n) is 2.21. The molecule has 5 nitrogen and oxygen atoms in total. The molecule has 0 aliphatic heterocycles. The molecule has 0 spiro atoms. The zero-order chi connectivity index (χ0) is 13.0. The summed E-state index contributed by atoms with van der Waals surface area (Å²) in [5.41, 5.74) is 0.765. The molecule has 0 fully saturated rings. The molecule has 2 heterocycles. The Kier molecular flexibility index (Phi) is 3.90. The van der Waals surface area contributed by atoms with Crippen molar-refractivity contribution < 1.29 is 8.42 Å². The fraction of sp³-hybridized carbons (Fsp3) is 0.0909. The first-order chi connectivity index (χ1) is 8.59. The van der Waals surface area contributed by atoms with E-state index >= 15 is 0 Å². The monoisotopic (exact) mass is 283 g/mol. The lowest BCUT2D eigenvalue weighted by molar-refractivity contribution is 0.581. The summed E-state index contributed by atoms with van der Waals surface area (Å²) in [5, 5.41) is 0.142. The van der Waals surface area contributed by atoms with Crippen LogP contribution in [0.3, 0.4) is 0 Å². The molecule has 0 aromatic carbocycles. The van der Waals surface area contributed by atoms with E-state index in [9.17, 15) is 8.42 Å². The summed E-state index contributed by atoms with van der Waals surface area (Å²) in [5.74, 6) is 0. The van der Waals surface area contributed by atoms with Gasteiger partial charge in [0.25, 0.3) is 0 Å². The minimum Gasteiger partial charge on any atom is -0.264 e. The molecular weight excluding hydrogens is 274 g/mol. The molecule has 2 aromatic rings. The molecule has 2 aromatic heterocycles. The van der Waals surface area contributed by atoms with Crippen molar-refractivity contribution in [3.63, 3.8) is 0 Å². The molecular formula is C11H10ClN3O2S. The summed E-state index contributed by atoms with van der Waals surface area (Å²) >= 11 is 5.82. The molecule has 1 N–H and O–H groups in total. The zero-order valence-corrected chi connectivity index (χ0v) is 10.8. The molecule has 2 rings (SSSR count). The van der Waals surface area contributed by atoms with Crippen molar-refractivity contribution in [2.24, 2.45) is 0 Å². The lowest BCUT2D eigenvalue weighted by atomic mass is 10.3. The van der Waals surface area contributed by atoms with Crippen LogP contribution in [0.15, 0.2) is 47.9 Å². The fourth-order valence-electron chi connectivity index (χ4n) is 1.32. The standard InChI is InChI=1S/C11H10ClN3O2S/c12-10-3-5-14-8-11(10)18(16,17)15-7-9-2-1-4-13-6-9/h1-6,8,15H,7H2. The van der Waals surface area contributed by atoms with Gasteiger partial charge < -0.3 is 0 Å². The van der Waals surface area contributed by atoms with Gasteiger partial charge in [0.1, 0.15) is 4.90 Å². The predicted octanol–water partition coefficient (Wildman–Crippen LogP) is 1.61. The number of nitrogens with one attached hydrogen (secondary N) is 1. The minimum atomic E-state index is -3.66. The Bertz CT molecular complexity index is 632. The average Bonchev–Trinajstić information content (AvgIpc) is 2.38. The van der Waals surface area contributed by atoms with Gasteiger partial charge in [-0.25, -0.2) is 13.1 Å². The summed E-state index contributed by atoms with van der Waals surface area (Å²) in [7, 11) is -3.66. The summed E-state index contributed by atoms with van der Waals surface area (Å²) in [6, 6.07) is 4.95. The Balaban J connectivity index is 2.16. The van der Waals surface area contributed by atoms with Gasteiger partial charge >= 0.3 is 0 Å². The highest BCUT2D eigenvalue weighted by Crippen LogP contribution is 2.19. The number of hydrogen-bond donors (Lipinski definition) is 1. The van der Waals surface area contributed by atoms with Crippen LogP contribution in [0.5, 0.6) is 0 Å². The second-order valence-electron chi connectivity index (χ2n) is 3.49. The third-order valence-corrected chi connectivity index (χ3v) is 4.08. The molecule has 0 saturated carbocycles. The number of halogens is 1. The highest BCUT2D eigenvalue weighted by atomic mass is 35.5. The maximum Gasteiger partial charge on any atom is 0.243 e. The maximum absolute atomic E-state index is 12.0. The van der Waals surface area contributed by atoms with E-state index in [1.165, 1.54) is 18.5 Å². The second kappa shape index (κ2) is 5.43. The van der Waals surface area contributed by atoms with Crippen LogP contribution >= 0.6 is 11.6 Å². The number of pyridine rings is 2. The normalized spacial score (nSPS) is 11.4. The summed E-state index contributed by atoms with van der Waals surface area (Å²) < 4.78 is 26.4. The van der Waals surface area contributed by atoms with E-state index in [2.05, 4.69) is 14.7 Å². The van der Waals surface area contributed by atoms with Crippen LogP contribution in [0.1, 0.15) is 5.56 Å². The van der Waals surface area contributed by atoms with Gasteiger partial charge in [-0.15, -0.1) is 0 Å². The number of hydrogen-bond acceptors (Lipinski definition) is 4. The first-order valence-electron chi connectivity index (χ1n) is 5.08. The lowest BCUT2D eigenvalue weighted by Gasteiger charge is -2.07. The number of sulfonamides is 1. The van der Waals surface area contributed by atoms with Crippen molar-refractivity contribution in [3.8, 4) is 0 Å². The van der Waals surface area contributed by atoms with Crippen molar-refractivity contribution in [2.75, 3.05) is 0 Å². The molecule has 18 heavy (non-hydrogen) atoms. The van der Waals surface area contributed by atoms with Crippen LogP contribution in [0.25, 0.3) is 0 Å². The van der Waals surface area contributed by atoms with Crippen molar-refractivity contribution in [1.82, 2.24) is 14.7 Å². The van der Waals surface area contributed by atoms with Crippen LogP contribution in [-0.4, -0.2) is 18.4 Å². The Hall–Kier alpha value is -1.50. The third kappa shape index (κ3) is 3.04. The fourth-order valence-corrected chi connectivity index (χ4v) is 2.77. The lowest BCUT2D eigenvalue weighted by Crippen LogP contribution is -2.23. The van der Waals surface area contributed by atoms with Crippen molar-refractivity contribution in [1.29, 1.82) is 0 Å². The number of nitrogens with zero attached hydrogens (tertiary/aromatic N) is 2. The van der Waals surface area contributed by atoms with E-state index < -0.39 is 10.0 Å². The topological polar surface area (TPSA) is 72.0 Å². The van der Waals surface area contributed by atoms with Crippen molar-refractivity contribution >= 4 is 21.6 Å². The Morgan fingerprint density at radius 3 is 2.61 bits per heavy atom. The van der Waals surface area contributed by atoms with Crippen LogP contribution in [0, 0.1) is 0 Å². The van der Waals surface area contributed by atoms with E-state index in [4.69, 9.17) is 11.6 Å². The summed E-state index contributed by atoms with van der Waals surface area (Å²) in [6.07, 6.45) is 5.86. The van der Waals surface area contributed by atoms with E-state index in [1.807, 2.05) is 0 Å². The van der Waals surface area contributed by atoms with Gasteiger partial charge in [-0.1, -0.05) is 17.7 Å². The van der Waals surface area contributed by atoms with E-state index in [1.54, 1.807) is 24.5 Å². The minimum absolute atomic E-state index is 0.0319. The van der Waals surface area contributed by atoms with E-state index in [0.717, 1.165) is 5.56 Å².